The second kappa shape index (κ2) is 9.96. The Bertz CT molecular complexity index is 835. The van der Waals surface area contributed by atoms with Gasteiger partial charge in [0, 0.05) is 45.2 Å². The fourth-order valence-electron chi connectivity index (χ4n) is 4.12. The fraction of sp³-hybridized carbons (Fsp3) is 0.458. The highest BCUT2D eigenvalue weighted by Gasteiger charge is 2.21. The first-order valence-electron chi connectivity index (χ1n) is 10.9. The summed E-state index contributed by atoms with van der Waals surface area (Å²) < 4.78 is 10.9. The molecule has 4 rings (SSSR count). The third-order valence-electron chi connectivity index (χ3n) is 5.98. The number of piperazine rings is 1. The Hall–Kier alpha value is -2.57. The van der Waals surface area contributed by atoms with Gasteiger partial charge in [-0.05, 0) is 29.7 Å². The molecule has 2 heterocycles. The maximum atomic E-state index is 12.5. The van der Waals surface area contributed by atoms with Gasteiger partial charge in [0.05, 0.1) is 6.54 Å². The molecule has 160 valence electrons. The maximum absolute atomic E-state index is 12.5. The topological polar surface area (TPSA) is 54.0 Å². The summed E-state index contributed by atoms with van der Waals surface area (Å²) in [6.45, 7) is 8.29. The van der Waals surface area contributed by atoms with Gasteiger partial charge >= 0.3 is 0 Å². The molecule has 0 radical (unpaired) electrons. The van der Waals surface area contributed by atoms with E-state index in [0.29, 0.717) is 25.8 Å². The van der Waals surface area contributed by atoms with Gasteiger partial charge in [0.15, 0.2) is 11.5 Å². The van der Waals surface area contributed by atoms with Crippen LogP contribution in [0.15, 0.2) is 48.5 Å². The maximum Gasteiger partial charge on any atom is 0.234 e. The van der Waals surface area contributed by atoms with E-state index in [1.807, 2.05) is 12.1 Å². The van der Waals surface area contributed by atoms with E-state index < -0.39 is 0 Å². The number of amides is 1. The number of benzene rings is 2. The summed E-state index contributed by atoms with van der Waals surface area (Å²) in [5.41, 5.74) is 2.52. The second-order valence-corrected chi connectivity index (χ2v) is 8.06. The number of nitrogens with one attached hydrogen (secondary N) is 1. The average Bonchev–Trinajstić information content (AvgIpc) is 3.24. The molecule has 1 amide bonds. The zero-order chi connectivity index (χ0) is 20.8. The van der Waals surface area contributed by atoms with Crippen LogP contribution in [0.1, 0.15) is 30.4 Å². The van der Waals surface area contributed by atoms with Crippen molar-refractivity contribution in [1.29, 1.82) is 0 Å². The number of fused-ring (bicyclic) bond motifs is 1. The molecule has 0 saturated carbocycles. The Balaban J connectivity index is 1.18. The van der Waals surface area contributed by atoms with Crippen molar-refractivity contribution in [2.24, 2.45) is 0 Å². The van der Waals surface area contributed by atoms with E-state index in [9.17, 15) is 4.79 Å². The van der Waals surface area contributed by atoms with Crippen LogP contribution in [0.5, 0.6) is 11.5 Å². The molecule has 2 aromatic carbocycles. The first-order chi connectivity index (χ1) is 14.7. The van der Waals surface area contributed by atoms with Crippen molar-refractivity contribution in [3.05, 3.63) is 59.7 Å². The number of carbonyl (C=O) groups excluding carboxylic acids is 1. The Morgan fingerprint density at radius 2 is 1.73 bits per heavy atom. The number of hydrogen-bond acceptors (Lipinski definition) is 5. The van der Waals surface area contributed by atoms with Crippen molar-refractivity contribution in [3.63, 3.8) is 0 Å². The van der Waals surface area contributed by atoms with Crippen LogP contribution < -0.4 is 14.8 Å². The lowest BCUT2D eigenvalue weighted by molar-refractivity contribution is -0.122. The van der Waals surface area contributed by atoms with Crippen molar-refractivity contribution >= 4 is 5.91 Å². The van der Waals surface area contributed by atoms with Crippen LogP contribution in [-0.2, 0) is 11.3 Å². The second-order valence-electron chi connectivity index (χ2n) is 8.06. The summed E-state index contributed by atoms with van der Waals surface area (Å²) >= 11 is 0. The standard InChI is InChI=1S/C24H31N3O3/c1-2-20(21-6-4-3-5-7-21)15-25-24(28)17-27-12-10-26(11-13-27)16-19-8-9-22-23(14-19)30-18-29-22/h3-9,14,20H,2,10-13,15-18H2,1H3,(H,25,28)/t20-/m0/s1. The first-order valence-corrected chi connectivity index (χ1v) is 10.9. The SMILES string of the molecule is CC[C@@H](CNC(=O)CN1CCN(Cc2ccc3c(c2)OCO3)CC1)c1ccccc1. The highest BCUT2D eigenvalue weighted by Crippen LogP contribution is 2.32. The van der Waals surface area contributed by atoms with Gasteiger partial charge in [0.25, 0.3) is 0 Å². The molecule has 2 aliphatic rings. The number of hydrogen-bond donors (Lipinski definition) is 1. The minimum atomic E-state index is 0.119. The summed E-state index contributed by atoms with van der Waals surface area (Å²) in [5, 5.41) is 3.13. The Labute approximate surface area is 178 Å². The summed E-state index contributed by atoms with van der Waals surface area (Å²) in [5.74, 6) is 2.15. The van der Waals surface area contributed by atoms with E-state index in [-0.39, 0.29) is 5.91 Å². The number of nitrogens with zero attached hydrogens (tertiary/aromatic N) is 2. The number of ether oxygens (including phenoxy) is 2. The number of carbonyl (C=O) groups is 1. The minimum absolute atomic E-state index is 0.119. The van der Waals surface area contributed by atoms with Crippen molar-refractivity contribution in [2.45, 2.75) is 25.8 Å². The van der Waals surface area contributed by atoms with Gasteiger partial charge in [0.2, 0.25) is 12.7 Å². The van der Waals surface area contributed by atoms with E-state index in [1.165, 1.54) is 11.1 Å². The van der Waals surface area contributed by atoms with Crippen molar-refractivity contribution in [2.75, 3.05) is 46.1 Å². The van der Waals surface area contributed by atoms with Crippen LogP contribution in [0.25, 0.3) is 0 Å². The molecule has 0 aliphatic carbocycles. The Kier molecular flexibility index (Phi) is 6.87. The summed E-state index contributed by atoms with van der Waals surface area (Å²) in [7, 11) is 0. The van der Waals surface area contributed by atoms with E-state index in [4.69, 9.17) is 9.47 Å². The van der Waals surface area contributed by atoms with E-state index >= 15 is 0 Å². The van der Waals surface area contributed by atoms with Crippen LogP contribution >= 0.6 is 0 Å². The molecule has 2 aliphatic heterocycles. The molecule has 6 heteroatoms. The van der Waals surface area contributed by atoms with E-state index in [1.54, 1.807) is 0 Å². The smallest absolute Gasteiger partial charge is 0.234 e. The van der Waals surface area contributed by atoms with Crippen LogP contribution in [0.4, 0.5) is 0 Å². The lowest BCUT2D eigenvalue weighted by Crippen LogP contribution is -2.49. The predicted octanol–water partition coefficient (Wildman–Crippen LogP) is 2.84. The lowest BCUT2D eigenvalue weighted by atomic mass is 9.96. The molecular formula is C24H31N3O3. The third-order valence-corrected chi connectivity index (χ3v) is 5.98. The summed E-state index contributed by atoms with van der Waals surface area (Å²) in [6, 6.07) is 16.6. The highest BCUT2D eigenvalue weighted by molar-refractivity contribution is 5.78. The minimum Gasteiger partial charge on any atom is -0.454 e. The molecule has 1 atom stereocenters. The summed E-state index contributed by atoms with van der Waals surface area (Å²) in [4.78, 5) is 17.1. The van der Waals surface area contributed by atoms with E-state index in [2.05, 4.69) is 58.4 Å². The van der Waals surface area contributed by atoms with Crippen molar-refractivity contribution < 1.29 is 14.3 Å². The van der Waals surface area contributed by atoms with Crippen LogP contribution in [0.3, 0.4) is 0 Å². The van der Waals surface area contributed by atoms with Crippen molar-refractivity contribution in [1.82, 2.24) is 15.1 Å². The molecule has 2 aromatic rings. The molecule has 6 nitrogen and oxygen atoms in total. The Morgan fingerprint density at radius 3 is 2.50 bits per heavy atom. The van der Waals surface area contributed by atoms with Crippen molar-refractivity contribution in [3.8, 4) is 11.5 Å². The Morgan fingerprint density at radius 1 is 1.00 bits per heavy atom. The zero-order valence-electron chi connectivity index (χ0n) is 17.7. The molecule has 1 N–H and O–H groups in total. The normalized spacial score (nSPS) is 17.6. The fourth-order valence-corrected chi connectivity index (χ4v) is 4.12. The monoisotopic (exact) mass is 409 g/mol. The first kappa shape index (κ1) is 20.7. The van der Waals surface area contributed by atoms with Gasteiger partial charge in [-0.2, -0.15) is 0 Å². The van der Waals surface area contributed by atoms with Gasteiger partial charge in [0.1, 0.15) is 0 Å². The average molecular weight is 410 g/mol. The third kappa shape index (κ3) is 5.32. The molecule has 0 unspecified atom stereocenters. The molecule has 0 spiro atoms. The van der Waals surface area contributed by atoms with Crippen LogP contribution in [0.2, 0.25) is 0 Å². The summed E-state index contributed by atoms with van der Waals surface area (Å²) in [6.07, 6.45) is 1.02. The lowest BCUT2D eigenvalue weighted by Gasteiger charge is -2.34. The van der Waals surface area contributed by atoms with Crippen LogP contribution in [-0.4, -0.2) is 61.8 Å². The van der Waals surface area contributed by atoms with Gasteiger partial charge in [-0.1, -0.05) is 43.3 Å². The van der Waals surface area contributed by atoms with Gasteiger partial charge in [-0.15, -0.1) is 0 Å². The molecule has 0 bridgehead atoms. The van der Waals surface area contributed by atoms with Gasteiger partial charge in [-0.3, -0.25) is 14.6 Å². The molecule has 1 fully saturated rings. The van der Waals surface area contributed by atoms with Gasteiger partial charge in [-0.25, -0.2) is 0 Å². The van der Waals surface area contributed by atoms with E-state index in [0.717, 1.165) is 50.6 Å². The van der Waals surface area contributed by atoms with Crippen LogP contribution in [0, 0.1) is 0 Å². The zero-order valence-corrected chi connectivity index (χ0v) is 17.7. The molecular weight excluding hydrogens is 378 g/mol. The number of rotatable bonds is 8. The molecule has 0 aromatic heterocycles. The van der Waals surface area contributed by atoms with Gasteiger partial charge < -0.3 is 14.8 Å². The predicted molar refractivity (Wildman–Crippen MR) is 117 cm³/mol. The largest absolute Gasteiger partial charge is 0.454 e. The molecule has 1 saturated heterocycles. The highest BCUT2D eigenvalue weighted by atomic mass is 16.7. The molecule has 30 heavy (non-hydrogen) atoms. The quantitative estimate of drug-likeness (QED) is 0.727.